The van der Waals surface area contributed by atoms with Gasteiger partial charge < -0.3 is 10.3 Å². The maximum absolute atomic E-state index is 12.2. The Kier molecular flexibility index (Phi) is 4.26. The van der Waals surface area contributed by atoms with Crippen LogP contribution >= 0.6 is 0 Å². The van der Waals surface area contributed by atoms with Gasteiger partial charge >= 0.3 is 0 Å². The lowest BCUT2D eigenvalue weighted by molar-refractivity contribution is 0.598. The molecule has 3 N–H and O–H groups in total. The number of aryl methyl sites for hydroxylation is 2. The zero-order valence-corrected chi connectivity index (χ0v) is 12.5. The molecule has 2 rings (SSSR count). The van der Waals surface area contributed by atoms with E-state index in [1.165, 1.54) is 18.5 Å². The topological polar surface area (TPSA) is 103 Å². The normalized spacial score (nSPS) is 10.8. The fourth-order valence-corrected chi connectivity index (χ4v) is 2.60. The number of nitrogens with one attached hydrogen (secondary N) is 1. The average molecular weight is 305 g/mol. The zero-order chi connectivity index (χ0) is 15.5. The minimum absolute atomic E-state index is 0.0530. The molecule has 2 aromatic heterocycles. The number of nitrogens with two attached hydrogens (primary N) is 1. The van der Waals surface area contributed by atoms with Gasteiger partial charge in [-0.2, -0.15) is 8.42 Å². The number of pyridine rings is 1. The molecule has 0 spiro atoms. The molecule has 0 aliphatic carbocycles. The minimum atomic E-state index is -3.77. The second-order valence-electron chi connectivity index (χ2n) is 4.28. The van der Waals surface area contributed by atoms with Crippen molar-refractivity contribution < 1.29 is 8.42 Å². The first-order valence-electron chi connectivity index (χ1n) is 6.10. The molecule has 2 heterocycles. The van der Waals surface area contributed by atoms with Gasteiger partial charge in [0.25, 0.3) is 10.0 Å². The molecule has 110 valence electrons. The molecule has 0 aliphatic heterocycles. The van der Waals surface area contributed by atoms with Crippen molar-refractivity contribution in [1.82, 2.24) is 14.5 Å². The van der Waals surface area contributed by atoms with Gasteiger partial charge in [0.05, 0.1) is 6.54 Å². The quantitative estimate of drug-likeness (QED) is 0.790. The minimum Gasteiger partial charge on any atom is -0.337 e. The largest absolute Gasteiger partial charge is 0.337 e. The summed E-state index contributed by atoms with van der Waals surface area (Å²) in [5.41, 5.74) is 5.93. The summed E-state index contributed by atoms with van der Waals surface area (Å²) in [5, 5.41) is -0.0530. The highest BCUT2D eigenvalue weighted by Crippen LogP contribution is 2.14. The Bertz CT molecular complexity index is 795. The Balaban J connectivity index is 2.28. The fourth-order valence-electron chi connectivity index (χ4n) is 1.56. The van der Waals surface area contributed by atoms with Crippen molar-refractivity contribution in [3.05, 3.63) is 35.9 Å². The van der Waals surface area contributed by atoms with Crippen LogP contribution in [0.1, 0.15) is 11.4 Å². The summed E-state index contributed by atoms with van der Waals surface area (Å²) in [6, 6.07) is 3.21. The Morgan fingerprint density at radius 1 is 1.48 bits per heavy atom. The van der Waals surface area contributed by atoms with E-state index < -0.39 is 10.0 Å². The molecule has 0 saturated carbocycles. The predicted molar refractivity (Wildman–Crippen MR) is 78.9 cm³/mol. The second kappa shape index (κ2) is 5.95. The van der Waals surface area contributed by atoms with E-state index in [0.29, 0.717) is 11.4 Å². The molecule has 21 heavy (non-hydrogen) atoms. The van der Waals surface area contributed by atoms with Crippen LogP contribution in [0.2, 0.25) is 0 Å². The highest BCUT2D eigenvalue weighted by Gasteiger charge is 2.19. The van der Waals surface area contributed by atoms with Gasteiger partial charge in [0.15, 0.2) is 5.03 Å². The maximum Gasteiger partial charge on any atom is 0.282 e. The molecule has 0 radical (unpaired) electrons. The number of hydrogen-bond acceptors (Lipinski definition) is 5. The molecule has 0 aromatic carbocycles. The van der Waals surface area contributed by atoms with Crippen LogP contribution in [0.15, 0.2) is 29.6 Å². The Hall–Kier alpha value is -2.37. The molecule has 0 saturated heterocycles. The number of imidazole rings is 1. The monoisotopic (exact) mass is 305 g/mol. The summed E-state index contributed by atoms with van der Waals surface area (Å²) in [5.74, 6) is 6.29. The van der Waals surface area contributed by atoms with Crippen LogP contribution in [-0.4, -0.2) is 29.5 Å². The molecule has 0 fully saturated rings. The van der Waals surface area contributed by atoms with Crippen LogP contribution in [-0.2, 0) is 17.1 Å². The third-order valence-electron chi connectivity index (χ3n) is 2.70. The van der Waals surface area contributed by atoms with Gasteiger partial charge in [-0.25, -0.2) is 9.97 Å². The van der Waals surface area contributed by atoms with E-state index in [1.54, 1.807) is 24.6 Å². The van der Waals surface area contributed by atoms with Crippen molar-refractivity contribution in [3.8, 4) is 11.8 Å². The molecule has 0 aliphatic rings. The highest BCUT2D eigenvalue weighted by atomic mass is 32.2. The average Bonchev–Trinajstić information content (AvgIpc) is 2.77. The fraction of sp³-hybridized carbons (Fsp3) is 0.231. The van der Waals surface area contributed by atoms with E-state index in [1.807, 2.05) is 0 Å². The van der Waals surface area contributed by atoms with E-state index in [2.05, 4.69) is 26.5 Å². The smallest absolute Gasteiger partial charge is 0.282 e. The molecular formula is C13H15N5O2S. The van der Waals surface area contributed by atoms with Crippen LogP contribution in [0.4, 0.5) is 5.82 Å². The molecule has 0 bridgehead atoms. The third-order valence-corrected chi connectivity index (χ3v) is 3.92. The Morgan fingerprint density at radius 2 is 2.24 bits per heavy atom. The lowest BCUT2D eigenvalue weighted by Gasteiger charge is -2.04. The first-order valence-corrected chi connectivity index (χ1v) is 7.58. The molecule has 0 unspecified atom stereocenters. The van der Waals surface area contributed by atoms with Crippen molar-refractivity contribution >= 4 is 15.8 Å². The van der Waals surface area contributed by atoms with Crippen molar-refractivity contribution in [2.24, 2.45) is 12.8 Å². The van der Waals surface area contributed by atoms with Gasteiger partial charge in [-0.05, 0) is 19.1 Å². The Labute approximate surface area is 123 Å². The summed E-state index contributed by atoms with van der Waals surface area (Å²) in [6.45, 7) is 1.96. The molecule has 0 atom stereocenters. The summed E-state index contributed by atoms with van der Waals surface area (Å²) in [4.78, 5) is 7.95. The molecular weight excluding hydrogens is 290 g/mol. The van der Waals surface area contributed by atoms with Crippen LogP contribution in [0.25, 0.3) is 0 Å². The number of hydrogen-bond donors (Lipinski definition) is 2. The summed E-state index contributed by atoms with van der Waals surface area (Å²) in [7, 11) is -2.04. The molecule has 0 amide bonds. The first kappa shape index (κ1) is 15.0. The predicted octanol–water partition coefficient (Wildman–Crippen LogP) is 0.235. The number of sulfonamides is 1. The van der Waals surface area contributed by atoms with Gasteiger partial charge in [-0.1, -0.05) is 11.8 Å². The van der Waals surface area contributed by atoms with Crippen molar-refractivity contribution in [1.29, 1.82) is 0 Å². The van der Waals surface area contributed by atoms with E-state index in [9.17, 15) is 8.42 Å². The number of anilines is 1. The second-order valence-corrected chi connectivity index (χ2v) is 5.91. The summed E-state index contributed by atoms with van der Waals surface area (Å²) in [6.07, 6.45) is 2.91. The van der Waals surface area contributed by atoms with Crippen molar-refractivity contribution in [2.45, 2.75) is 11.9 Å². The molecule has 2 aromatic rings. The van der Waals surface area contributed by atoms with Crippen LogP contribution < -0.4 is 10.5 Å². The number of rotatable bonds is 3. The van der Waals surface area contributed by atoms with Crippen LogP contribution in [0.3, 0.4) is 0 Å². The van der Waals surface area contributed by atoms with E-state index in [4.69, 9.17) is 5.73 Å². The number of aromatic nitrogens is 3. The Morgan fingerprint density at radius 3 is 2.86 bits per heavy atom. The van der Waals surface area contributed by atoms with Gasteiger partial charge in [0.2, 0.25) is 0 Å². The third kappa shape index (κ3) is 3.59. The SMILES string of the molecule is Cc1nc(S(=O)(=O)Nc2cc(C#CCN)ccn2)cn1C. The van der Waals surface area contributed by atoms with Crippen LogP contribution in [0.5, 0.6) is 0 Å². The highest BCUT2D eigenvalue weighted by molar-refractivity contribution is 7.92. The van der Waals surface area contributed by atoms with Gasteiger partial charge in [-0.15, -0.1) is 0 Å². The maximum atomic E-state index is 12.2. The lowest BCUT2D eigenvalue weighted by atomic mass is 10.2. The zero-order valence-electron chi connectivity index (χ0n) is 11.7. The lowest BCUT2D eigenvalue weighted by Crippen LogP contribution is -2.14. The standard InChI is InChI=1S/C13H15N5O2S/c1-10-16-13(9-18(10)2)21(19,20)17-12-8-11(4-3-6-14)5-7-15-12/h5,7-9H,6,14H2,1-2H3,(H,15,17). The first-order chi connectivity index (χ1) is 9.92. The number of nitrogens with zero attached hydrogens (tertiary/aromatic N) is 3. The van der Waals surface area contributed by atoms with Crippen molar-refractivity contribution in [3.63, 3.8) is 0 Å². The van der Waals surface area contributed by atoms with Gasteiger partial charge in [-0.3, -0.25) is 4.72 Å². The summed E-state index contributed by atoms with van der Waals surface area (Å²) >= 11 is 0. The van der Waals surface area contributed by atoms with E-state index in [-0.39, 0.29) is 17.4 Å². The summed E-state index contributed by atoms with van der Waals surface area (Å²) < 4.78 is 28.4. The van der Waals surface area contributed by atoms with Gasteiger partial charge in [0, 0.05) is 25.0 Å². The molecule has 7 nitrogen and oxygen atoms in total. The van der Waals surface area contributed by atoms with Crippen LogP contribution in [0, 0.1) is 18.8 Å². The van der Waals surface area contributed by atoms with E-state index in [0.717, 1.165) is 0 Å². The van der Waals surface area contributed by atoms with E-state index >= 15 is 0 Å². The van der Waals surface area contributed by atoms with Crippen molar-refractivity contribution in [2.75, 3.05) is 11.3 Å². The molecule has 8 heteroatoms. The van der Waals surface area contributed by atoms with Gasteiger partial charge in [0.1, 0.15) is 11.6 Å².